The number of oxime groups is 1. The van der Waals surface area contributed by atoms with E-state index in [4.69, 9.17) is 14.2 Å². The van der Waals surface area contributed by atoms with Crippen LogP contribution in [0.5, 0.6) is 0 Å². The standard InChI is InChI=1S/C14H18FNO4.C13H15FO4.CH5NO.ClH/c1-3-11(17)13(15)12(9-16-19-2)20-14(18)10-7-5-4-6-8-10;1-2-9-10(14)11(13(16)17-9)18-12(15)8-6-4-3-5-7-8;1-3-2;/h4-9,11-13,17H,3H2,1-2H3;3-7,9-11,13,16H,2H2,1H3;2H2,1H3;1H/t11-,12+,13-;9-,10-,11-,13?;;/m11../s1. The van der Waals surface area contributed by atoms with E-state index in [0.29, 0.717) is 17.5 Å². The monoisotopic (exact) mass is 620 g/mol. The summed E-state index contributed by atoms with van der Waals surface area (Å²) in [6.45, 7) is 3.37. The van der Waals surface area contributed by atoms with Crippen molar-refractivity contribution in [2.45, 2.75) is 69.7 Å². The van der Waals surface area contributed by atoms with Crippen molar-refractivity contribution in [3.05, 3.63) is 71.8 Å². The first kappa shape index (κ1) is 38.8. The summed E-state index contributed by atoms with van der Waals surface area (Å²) in [5, 5.41) is 22.4. The van der Waals surface area contributed by atoms with Gasteiger partial charge in [0.15, 0.2) is 30.8 Å². The number of hydrogen-bond donors (Lipinski definition) is 3. The molecule has 1 unspecified atom stereocenters. The molecule has 14 heteroatoms. The molecule has 42 heavy (non-hydrogen) atoms. The number of esters is 2. The van der Waals surface area contributed by atoms with Crippen molar-refractivity contribution in [1.29, 1.82) is 0 Å². The second kappa shape index (κ2) is 21.5. The van der Waals surface area contributed by atoms with Crippen LogP contribution in [0.25, 0.3) is 0 Å². The second-order valence-corrected chi connectivity index (χ2v) is 8.48. The molecule has 0 aliphatic carbocycles. The lowest BCUT2D eigenvalue weighted by molar-refractivity contribution is -0.129. The number of hydrogen-bond acceptors (Lipinski definition) is 11. The first-order chi connectivity index (χ1) is 19.6. The maximum Gasteiger partial charge on any atom is 0.338 e. The van der Waals surface area contributed by atoms with Crippen LogP contribution in [0.2, 0.25) is 0 Å². The first-order valence-corrected chi connectivity index (χ1v) is 12.8. The predicted molar refractivity (Wildman–Crippen MR) is 152 cm³/mol. The maximum atomic E-state index is 14.0. The van der Waals surface area contributed by atoms with E-state index < -0.39 is 55.0 Å². The van der Waals surface area contributed by atoms with Gasteiger partial charge in [0.1, 0.15) is 7.11 Å². The highest BCUT2D eigenvalue weighted by Crippen LogP contribution is 2.27. The zero-order valence-corrected chi connectivity index (χ0v) is 24.6. The Balaban J connectivity index is 0.000000718. The molecule has 7 atom stereocenters. The van der Waals surface area contributed by atoms with Gasteiger partial charge in [-0.1, -0.05) is 55.4 Å². The highest BCUT2D eigenvalue weighted by Gasteiger charge is 2.46. The van der Waals surface area contributed by atoms with Gasteiger partial charge in [0.2, 0.25) is 0 Å². The fourth-order valence-electron chi connectivity index (χ4n) is 3.42. The van der Waals surface area contributed by atoms with E-state index in [2.05, 4.69) is 20.7 Å². The topological polar surface area (TPSA) is 159 Å². The van der Waals surface area contributed by atoms with E-state index in [1.165, 1.54) is 14.2 Å². The Morgan fingerprint density at radius 1 is 1.05 bits per heavy atom. The highest BCUT2D eigenvalue weighted by atomic mass is 35.5. The van der Waals surface area contributed by atoms with Gasteiger partial charge in [-0.3, -0.25) is 0 Å². The zero-order chi connectivity index (χ0) is 30.8. The van der Waals surface area contributed by atoms with Crippen molar-refractivity contribution in [2.75, 3.05) is 14.2 Å². The lowest BCUT2D eigenvalue weighted by Gasteiger charge is -2.21. The molecule has 0 amide bonds. The van der Waals surface area contributed by atoms with Crippen molar-refractivity contribution >= 4 is 30.6 Å². The molecule has 11 nitrogen and oxygen atoms in total. The third kappa shape index (κ3) is 12.8. The third-order valence-corrected chi connectivity index (χ3v) is 5.58. The van der Waals surface area contributed by atoms with Gasteiger partial charge in [0, 0.05) is 0 Å². The summed E-state index contributed by atoms with van der Waals surface area (Å²) in [5.41, 5.74) is 0.610. The van der Waals surface area contributed by atoms with Gasteiger partial charge >= 0.3 is 11.9 Å². The summed E-state index contributed by atoms with van der Waals surface area (Å²) in [5.74, 6) is 2.99. The summed E-state index contributed by atoms with van der Waals surface area (Å²) >= 11 is 0. The minimum Gasteiger partial charge on any atom is -0.450 e. The van der Waals surface area contributed by atoms with Gasteiger partial charge in [-0.05, 0) is 37.1 Å². The summed E-state index contributed by atoms with van der Waals surface area (Å²) in [7, 11) is 2.69. The quantitative estimate of drug-likeness (QED) is 0.204. The molecule has 2 aromatic rings. The number of nitrogens with two attached hydrogens (primary N) is 1. The van der Waals surface area contributed by atoms with Gasteiger partial charge < -0.3 is 34.1 Å². The molecule has 1 heterocycles. The number of carbonyl (C=O) groups is 2. The van der Waals surface area contributed by atoms with Crippen LogP contribution in [0, 0.1) is 0 Å². The summed E-state index contributed by atoms with van der Waals surface area (Å²) in [6, 6.07) is 16.4. The molecule has 1 aliphatic heterocycles. The fourth-order valence-corrected chi connectivity index (χ4v) is 3.42. The minimum atomic E-state index is -1.77. The molecule has 1 saturated heterocycles. The number of ether oxygens (including phenoxy) is 3. The van der Waals surface area contributed by atoms with E-state index >= 15 is 0 Å². The Bertz CT molecular complexity index is 1040. The van der Waals surface area contributed by atoms with Crippen molar-refractivity contribution in [2.24, 2.45) is 11.1 Å². The number of nitrogens with zero attached hydrogens (tertiary/aromatic N) is 1. The van der Waals surface area contributed by atoms with Crippen LogP contribution in [-0.4, -0.2) is 85.6 Å². The fraction of sp³-hybridized carbons (Fsp3) is 0.464. The second-order valence-electron chi connectivity index (χ2n) is 8.48. The molecular weight excluding hydrogens is 582 g/mol. The van der Waals surface area contributed by atoms with Crippen LogP contribution in [0.1, 0.15) is 47.4 Å². The Morgan fingerprint density at radius 3 is 1.98 bits per heavy atom. The van der Waals surface area contributed by atoms with Crippen molar-refractivity contribution < 1.29 is 52.5 Å². The van der Waals surface area contributed by atoms with E-state index in [0.717, 1.165) is 6.21 Å². The molecule has 3 rings (SSSR count). The van der Waals surface area contributed by atoms with Crippen molar-refractivity contribution in [3.8, 4) is 0 Å². The molecule has 0 spiro atoms. The minimum absolute atomic E-state index is 0. The summed E-state index contributed by atoms with van der Waals surface area (Å²) < 4.78 is 42.8. The van der Waals surface area contributed by atoms with Crippen LogP contribution >= 0.6 is 12.4 Å². The van der Waals surface area contributed by atoms with E-state index in [1.807, 2.05) is 0 Å². The average Bonchev–Trinajstić information content (AvgIpc) is 3.27. The number of aliphatic hydroxyl groups is 2. The molecule has 1 fully saturated rings. The van der Waals surface area contributed by atoms with Gasteiger partial charge in [-0.15, -0.1) is 12.4 Å². The molecule has 1 aliphatic rings. The smallest absolute Gasteiger partial charge is 0.338 e. The van der Waals surface area contributed by atoms with E-state index in [-0.39, 0.29) is 18.8 Å². The molecule has 0 radical (unpaired) electrons. The lowest BCUT2D eigenvalue weighted by atomic mass is 10.1. The Labute approximate surface area is 249 Å². The predicted octanol–water partition coefficient (Wildman–Crippen LogP) is 3.56. The maximum absolute atomic E-state index is 14.0. The van der Waals surface area contributed by atoms with Crippen molar-refractivity contribution in [3.63, 3.8) is 0 Å². The van der Waals surface area contributed by atoms with E-state index in [1.54, 1.807) is 74.5 Å². The van der Waals surface area contributed by atoms with Gasteiger partial charge in [-0.2, -0.15) is 0 Å². The average molecular weight is 621 g/mol. The molecule has 236 valence electrons. The van der Waals surface area contributed by atoms with Crippen LogP contribution in [0.4, 0.5) is 8.78 Å². The first-order valence-electron chi connectivity index (χ1n) is 12.8. The van der Waals surface area contributed by atoms with Gasteiger partial charge in [0.05, 0.1) is 36.7 Å². The number of halogens is 3. The van der Waals surface area contributed by atoms with Gasteiger partial charge in [-0.25, -0.2) is 24.3 Å². The third-order valence-electron chi connectivity index (χ3n) is 5.58. The lowest BCUT2D eigenvalue weighted by Crippen LogP contribution is -2.38. The number of alkyl halides is 2. The number of carbonyl (C=O) groups excluding carboxylic acids is 2. The molecule has 2 aromatic carbocycles. The molecule has 4 N–H and O–H groups in total. The van der Waals surface area contributed by atoms with Crippen LogP contribution in [0.15, 0.2) is 65.8 Å². The van der Waals surface area contributed by atoms with Crippen LogP contribution in [0.3, 0.4) is 0 Å². The summed E-state index contributed by atoms with van der Waals surface area (Å²) in [6.07, 6.45) is -7.59. The number of aliphatic hydroxyl groups excluding tert-OH is 2. The van der Waals surface area contributed by atoms with Crippen LogP contribution < -0.4 is 5.90 Å². The Hall–Kier alpha value is -3.20. The SMILES string of the molecule is CC[C@@H](O)[C@@H](F)[C@H](C=NOC)OC(=O)c1ccccc1.CC[C@H]1OC(O)[C@H](OC(=O)c2ccccc2)[C@@H]1F.CON.Cl. The molecule has 0 saturated carbocycles. The normalized spacial score (nSPS) is 21.3. The molecule has 0 bridgehead atoms. The highest BCUT2D eigenvalue weighted by molar-refractivity contribution is 5.90. The van der Waals surface area contributed by atoms with Crippen molar-refractivity contribution in [1.82, 2.24) is 0 Å². The molecular formula is C28H39ClF2N2O9. The Morgan fingerprint density at radius 2 is 1.55 bits per heavy atom. The van der Waals surface area contributed by atoms with E-state index in [9.17, 15) is 28.6 Å². The van der Waals surface area contributed by atoms with Crippen LogP contribution in [-0.2, 0) is 23.9 Å². The molecule has 0 aromatic heterocycles. The van der Waals surface area contributed by atoms with Gasteiger partial charge in [0.25, 0.3) is 0 Å². The zero-order valence-electron chi connectivity index (χ0n) is 23.7. The summed E-state index contributed by atoms with van der Waals surface area (Å²) in [4.78, 5) is 31.8. The number of benzene rings is 2. The Kier molecular flexibility index (Phi) is 19.9. The largest absolute Gasteiger partial charge is 0.450 e. The number of rotatable bonds is 10.